The molecule has 0 atom stereocenters. The minimum absolute atomic E-state index is 0.000176. The number of nitrogen functional groups attached to an aromatic ring is 1. The van der Waals surface area contributed by atoms with Crippen molar-refractivity contribution in [3.8, 4) is 17.3 Å². The van der Waals surface area contributed by atoms with Crippen LogP contribution in [-0.2, 0) is 11.3 Å². The number of methoxy groups -OCH3 is 1. The number of benzene rings is 2. The first-order valence-electron chi connectivity index (χ1n) is 12.7. The average Bonchev–Trinajstić information content (AvgIpc) is 3.62. The number of ether oxygens (including phenoxy) is 3. The monoisotopic (exact) mass is 595 g/mol. The lowest BCUT2D eigenvalue weighted by Crippen LogP contribution is -2.37. The summed E-state index contributed by atoms with van der Waals surface area (Å²) in [5, 5.41) is 20.2. The molecule has 1 amide bonds. The molecular formula is C26H26ClN9O6. The number of nitrogens with two attached hydrogens (primary N) is 1. The smallest absolute Gasteiger partial charge is 0.343 e. The molecule has 218 valence electrons. The van der Waals surface area contributed by atoms with Gasteiger partial charge in [0, 0.05) is 30.2 Å². The molecule has 0 bridgehead atoms. The van der Waals surface area contributed by atoms with Gasteiger partial charge in [-0.15, -0.1) is 5.10 Å². The Labute approximate surface area is 244 Å². The van der Waals surface area contributed by atoms with Gasteiger partial charge in [-0.2, -0.15) is 9.78 Å². The molecule has 0 saturated carbocycles. The molecule has 1 aliphatic heterocycles. The van der Waals surface area contributed by atoms with Crippen molar-refractivity contribution in [2.24, 2.45) is 5.10 Å². The van der Waals surface area contributed by atoms with E-state index in [1.54, 1.807) is 49.4 Å². The first-order valence-corrected chi connectivity index (χ1v) is 13.1. The van der Waals surface area contributed by atoms with Crippen LogP contribution in [0.2, 0.25) is 5.02 Å². The third-order valence-corrected chi connectivity index (χ3v) is 6.59. The van der Waals surface area contributed by atoms with E-state index in [9.17, 15) is 9.59 Å². The van der Waals surface area contributed by atoms with Gasteiger partial charge < -0.3 is 19.9 Å². The Balaban J connectivity index is 1.33. The Morgan fingerprint density at radius 1 is 1.10 bits per heavy atom. The van der Waals surface area contributed by atoms with Crippen LogP contribution in [0.25, 0.3) is 5.82 Å². The highest BCUT2D eigenvalue weighted by molar-refractivity contribution is 6.30. The highest BCUT2D eigenvalue weighted by Gasteiger charge is 2.26. The molecule has 1 fully saturated rings. The Bertz CT molecular complexity index is 1610. The molecule has 1 saturated heterocycles. The van der Waals surface area contributed by atoms with Gasteiger partial charge in [-0.3, -0.25) is 9.69 Å². The molecule has 5 rings (SSSR count). The van der Waals surface area contributed by atoms with Gasteiger partial charge >= 0.3 is 5.97 Å². The standard InChI is InChI=1S/C26H26ClN9O6/c1-15(17-5-8-20(21(13-17)39-2)41-26(38)16-3-6-18(27)7-4-16)29-31-25(37)22-19(14-35-9-11-40-12-10-35)36(34-30-22)24-23(28)32-42-33-24/h3-8,13H,9-12,14H2,1-2H3,(H2,28,32)(H,31,37)/b29-15-. The van der Waals surface area contributed by atoms with Crippen LogP contribution in [0.15, 0.2) is 52.2 Å². The van der Waals surface area contributed by atoms with E-state index in [1.807, 2.05) is 0 Å². The lowest BCUT2D eigenvalue weighted by atomic mass is 10.1. The van der Waals surface area contributed by atoms with Gasteiger partial charge in [0.1, 0.15) is 0 Å². The molecule has 4 aromatic rings. The fraction of sp³-hybridized carbons (Fsp3) is 0.269. The molecule has 42 heavy (non-hydrogen) atoms. The third kappa shape index (κ3) is 6.38. The molecule has 0 spiro atoms. The summed E-state index contributed by atoms with van der Waals surface area (Å²) in [7, 11) is 1.45. The first kappa shape index (κ1) is 28.7. The van der Waals surface area contributed by atoms with E-state index in [2.05, 4.69) is 36.1 Å². The predicted octanol–water partition coefficient (Wildman–Crippen LogP) is 2.10. The number of hydrogen-bond acceptors (Lipinski definition) is 13. The van der Waals surface area contributed by atoms with Gasteiger partial charge in [-0.25, -0.2) is 14.8 Å². The first-order chi connectivity index (χ1) is 20.3. The van der Waals surface area contributed by atoms with Gasteiger partial charge in [0.25, 0.3) is 5.91 Å². The van der Waals surface area contributed by atoms with Crippen LogP contribution in [0.4, 0.5) is 5.82 Å². The van der Waals surface area contributed by atoms with E-state index in [-0.39, 0.29) is 23.1 Å². The van der Waals surface area contributed by atoms with E-state index in [0.29, 0.717) is 66.2 Å². The Morgan fingerprint density at radius 2 is 1.83 bits per heavy atom. The van der Waals surface area contributed by atoms with Crippen molar-refractivity contribution in [1.29, 1.82) is 0 Å². The van der Waals surface area contributed by atoms with Crippen molar-refractivity contribution in [2.75, 3.05) is 39.1 Å². The van der Waals surface area contributed by atoms with Crippen LogP contribution >= 0.6 is 11.6 Å². The van der Waals surface area contributed by atoms with Crippen LogP contribution in [0.1, 0.15) is 39.0 Å². The normalized spacial score (nSPS) is 14.0. The second kappa shape index (κ2) is 12.8. The van der Waals surface area contributed by atoms with E-state index < -0.39 is 11.9 Å². The van der Waals surface area contributed by atoms with Crippen molar-refractivity contribution in [2.45, 2.75) is 13.5 Å². The number of carbonyl (C=O) groups excluding carboxylic acids is 2. The zero-order valence-corrected chi connectivity index (χ0v) is 23.4. The largest absolute Gasteiger partial charge is 0.493 e. The van der Waals surface area contributed by atoms with E-state index in [4.69, 9.17) is 36.2 Å². The third-order valence-electron chi connectivity index (χ3n) is 6.34. The van der Waals surface area contributed by atoms with Crippen LogP contribution in [0.5, 0.6) is 11.5 Å². The number of halogens is 1. The van der Waals surface area contributed by atoms with Crippen molar-refractivity contribution >= 4 is 35.0 Å². The van der Waals surface area contributed by atoms with Gasteiger partial charge in [0.15, 0.2) is 17.2 Å². The number of morpholine rings is 1. The molecule has 15 nitrogen and oxygen atoms in total. The minimum Gasteiger partial charge on any atom is -0.493 e. The zero-order valence-electron chi connectivity index (χ0n) is 22.6. The summed E-state index contributed by atoms with van der Waals surface area (Å²) in [5.74, 6) is -0.540. The number of hydrogen-bond donors (Lipinski definition) is 2. The quantitative estimate of drug-likeness (QED) is 0.124. The summed E-state index contributed by atoms with van der Waals surface area (Å²) >= 11 is 5.89. The summed E-state index contributed by atoms with van der Waals surface area (Å²) in [6.45, 7) is 4.45. The van der Waals surface area contributed by atoms with Gasteiger partial charge in [0.05, 0.1) is 37.3 Å². The van der Waals surface area contributed by atoms with Crippen LogP contribution < -0.4 is 20.6 Å². The number of carbonyl (C=O) groups is 2. The summed E-state index contributed by atoms with van der Waals surface area (Å²) in [5.41, 5.74) is 10.2. The van der Waals surface area contributed by atoms with Gasteiger partial charge in [-0.05, 0) is 59.7 Å². The molecule has 1 aliphatic rings. The van der Waals surface area contributed by atoms with Crippen LogP contribution in [-0.4, -0.2) is 81.2 Å². The number of anilines is 1. The maximum absolute atomic E-state index is 13.2. The molecule has 0 unspecified atom stereocenters. The second-order valence-electron chi connectivity index (χ2n) is 9.06. The fourth-order valence-electron chi connectivity index (χ4n) is 4.07. The van der Waals surface area contributed by atoms with Crippen molar-refractivity contribution in [1.82, 2.24) is 35.6 Å². The molecule has 3 N–H and O–H groups in total. The zero-order chi connectivity index (χ0) is 29.6. The average molecular weight is 596 g/mol. The molecule has 3 heterocycles. The van der Waals surface area contributed by atoms with Crippen molar-refractivity contribution < 1.29 is 28.4 Å². The minimum atomic E-state index is -0.598. The highest BCUT2D eigenvalue weighted by atomic mass is 35.5. The molecule has 2 aromatic heterocycles. The van der Waals surface area contributed by atoms with Crippen molar-refractivity contribution in [3.05, 3.63) is 70.0 Å². The van der Waals surface area contributed by atoms with Gasteiger partial charge in [-0.1, -0.05) is 16.8 Å². The fourth-order valence-corrected chi connectivity index (χ4v) is 4.20. The Hall–Kier alpha value is -4.86. The summed E-state index contributed by atoms with van der Waals surface area (Å²) in [4.78, 5) is 27.8. The number of nitrogens with zero attached hydrogens (tertiary/aromatic N) is 7. The number of amides is 1. The molecule has 0 aliphatic carbocycles. The topological polar surface area (TPSA) is 185 Å². The maximum atomic E-state index is 13.2. The number of rotatable bonds is 9. The number of hydrazone groups is 1. The number of esters is 1. The summed E-state index contributed by atoms with van der Waals surface area (Å²) < 4.78 is 22.4. The Kier molecular flexibility index (Phi) is 8.71. The maximum Gasteiger partial charge on any atom is 0.343 e. The molecule has 2 aromatic carbocycles. The van der Waals surface area contributed by atoms with Crippen molar-refractivity contribution in [3.63, 3.8) is 0 Å². The second-order valence-corrected chi connectivity index (χ2v) is 9.49. The number of nitrogens with one attached hydrogen (secondary N) is 1. The summed E-state index contributed by atoms with van der Waals surface area (Å²) in [6, 6.07) is 11.2. The van der Waals surface area contributed by atoms with Gasteiger partial charge in [0.2, 0.25) is 11.6 Å². The Morgan fingerprint density at radius 3 is 2.52 bits per heavy atom. The highest BCUT2D eigenvalue weighted by Crippen LogP contribution is 2.29. The SMILES string of the molecule is COc1cc(/C(C)=N\NC(=O)c2nnn(-c3nonc3N)c2CN2CCOCC2)ccc1OC(=O)c1ccc(Cl)cc1. The van der Waals surface area contributed by atoms with E-state index in [0.717, 1.165) is 0 Å². The predicted molar refractivity (Wildman–Crippen MR) is 149 cm³/mol. The van der Waals surface area contributed by atoms with Crippen LogP contribution in [0, 0.1) is 0 Å². The molecule has 16 heteroatoms. The van der Waals surface area contributed by atoms with E-state index in [1.165, 1.54) is 11.8 Å². The van der Waals surface area contributed by atoms with Crippen LogP contribution in [0.3, 0.4) is 0 Å². The molecule has 0 radical (unpaired) electrons. The lowest BCUT2D eigenvalue weighted by molar-refractivity contribution is 0.0332. The lowest BCUT2D eigenvalue weighted by Gasteiger charge is -2.26. The molecular weight excluding hydrogens is 570 g/mol. The summed E-state index contributed by atoms with van der Waals surface area (Å²) in [6.07, 6.45) is 0. The van der Waals surface area contributed by atoms with E-state index >= 15 is 0 Å². The number of aromatic nitrogens is 5.